The summed E-state index contributed by atoms with van der Waals surface area (Å²) in [5, 5.41) is 4.16. The average Bonchev–Trinajstić information content (AvgIpc) is 2.42. The minimum absolute atomic E-state index is 0.145. The second-order valence-corrected chi connectivity index (χ2v) is 6.01. The van der Waals surface area contributed by atoms with Crippen molar-refractivity contribution in [2.24, 2.45) is 0 Å². The van der Waals surface area contributed by atoms with Crippen molar-refractivity contribution in [2.45, 2.75) is 40.3 Å². The van der Waals surface area contributed by atoms with Crippen LogP contribution in [0.2, 0.25) is 5.02 Å². The van der Waals surface area contributed by atoms with Crippen LogP contribution in [0, 0.1) is 13.8 Å². The molecule has 2 aromatic rings. The van der Waals surface area contributed by atoms with E-state index in [1.165, 1.54) is 11.1 Å². The van der Waals surface area contributed by atoms with Gasteiger partial charge in [-0.25, -0.2) is 0 Å². The van der Waals surface area contributed by atoms with Crippen LogP contribution in [0.1, 0.15) is 30.5 Å². The molecule has 2 aromatic carbocycles. The van der Waals surface area contributed by atoms with Crippen molar-refractivity contribution >= 4 is 17.3 Å². The lowest BCUT2D eigenvalue weighted by atomic mass is 10.1. The summed E-state index contributed by atoms with van der Waals surface area (Å²) in [6, 6.07) is 12.1. The lowest BCUT2D eigenvalue weighted by molar-refractivity contribution is 0.240. The van der Waals surface area contributed by atoms with Gasteiger partial charge in [0.2, 0.25) is 0 Å². The minimum atomic E-state index is 0.145. The van der Waals surface area contributed by atoms with Gasteiger partial charge < -0.3 is 10.1 Å². The van der Waals surface area contributed by atoms with Crippen LogP contribution in [-0.4, -0.2) is 6.10 Å². The second kappa shape index (κ2) is 6.86. The molecule has 0 bridgehead atoms. The van der Waals surface area contributed by atoms with E-state index in [4.69, 9.17) is 16.3 Å². The molecular formula is C18H22ClNO. The van der Waals surface area contributed by atoms with Gasteiger partial charge in [0.05, 0.1) is 6.10 Å². The SMILES string of the molecule is Cc1ccc(NCc2cc(Cl)ccc2OC(C)C)cc1C. The first-order valence-electron chi connectivity index (χ1n) is 7.22. The van der Waals surface area contributed by atoms with Crippen molar-refractivity contribution in [1.29, 1.82) is 0 Å². The van der Waals surface area contributed by atoms with E-state index in [9.17, 15) is 0 Å². The Balaban J connectivity index is 2.14. The molecular weight excluding hydrogens is 282 g/mol. The zero-order chi connectivity index (χ0) is 15.4. The number of halogens is 1. The molecule has 0 heterocycles. The minimum Gasteiger partial charge on any atom is -0.491 e. The molecule has 0 amide bonds. The largest absolute Gasteiger partial charge is 0.491 e. The quantitative estimate of drug-likeness (QED) is 0.803. The molecule has 0 unspecified atom stereocenters. The maximum absolute atomic E-state index is 6.10. The monoisotopic (exact) mass is 303 g/mol. The summed E-state index contributed by atoms with van der Waals surface area (Å²) in [6.07, 6.45) is 0.145. The number of benzene rings is 2. The van der Waals surface area contributed by atoms with Crippen LogP contribution in [0.5, 0.6) is 5.75 Å². The molecule has 112 valence electrons. The van der Waals surface area contributed by atoms with Crippen molar-refractivity contribution < 1.29 is 4.74 Å². The highest BCUT2D eigenvalue weighted by Gasteiger charge is 2.07. The summed E-state index contributed by atoms with van der Waals surface area (Å²) < 4.78 is 5.83. The van der Waals surface area contributed by atoms with Crippen LogP contribution < -0.4 is 10.1 Å². The molecule has 0 aliphatic carbocycles. The Bertz CT molecular complexity index is 623. The summed E-state index contributed by atoms with van der Waals surface area (Å²) in [6.45, 7) is 8.97. The van der Waals surface area contributed by atoms with Crippen LogP contribution in [0.25, 0.3) is 0 Å². The Labute approximate surface area is 132 Å². The summed E-state index contributed by atoms with van der Waals surface area (Å²) in [7, 11) is 0. The van der Waals surface area contributed by atoms with Crippen LogP contribution >= 0.6 is 11.6 Å². The highest BCUT2D eigenvalue weighted by atomic mass is 35.5. The number of anilines is 1. The first-order valence-corrected chi connectivity index (χ1v) is 7.59. The molecule has 0 aliphatic heterocycles. The molecule has 3 heteroatoms. The highest BCUT2D eigenvalue weighted by molar-refractivity contribution is 6.30. The fourth-order valence-corrected chi connectivity index (χ4v) is 2.30. The zero-order valence-electron chi connectivity index (χ0n) is 13.0. The standard InChI is InChI=1S/C18H22ClNO/c1-12(2)21-18-8-6-16(19)10-15(18)11-20-17-7-5-13(3)14(4)9-17/h5-10,12,20H,11H2,1-4H3. The van der Waals surface area contributed by atoms with Gasteiger partial charge in [0, 0.05) is 22.8 Å². The number of nitrogens with one attached hydrogen (secondary N) is 1. The Hall–Kier alpha value is -1.67. The number of rotatable bonds is 5. The molecule has 0 atom stereocenters. The number of ether oxygens (including phenoxy) is 1. The van der Waals surface area contributed by atoms with Crippen LogP contribution in [0.3, 0.4) is 0 Å². The van der Waals surface area contributed by atoms with Gasteiger partial charge in [0.25, 0.3) is 0 Å². The lowest BCUT2D eigenvalue weighted by Crippen LogP contribution is -2.09. The second-order valence-electron chi connectivity index (χ2n) is 5.57. The van der Waals surface area contributed by atoms with Gasteiger partial charge >= 0.3 is 0 Å². The van der Waals surface area contributed by atoms with Crippen molar-refractivity contribution in [3.63, 3.8) is 0 Å². The number of hydrogen-bond donors (Lipinski definition) is 1. The van der Waals surface area contributed by atoms with E-state index in [-0.39, 0.29) is 6.10 Å². The first-order chi connectivity index (χ1) is 9.95. The van der Waals surface area contributed by atoms with Gasteiger partial charge in [-0.1, -0.05) is 17.7 Å². The maximum Gasteiger partial charge on any atom is 0.124 e. The Morgan fingerprint density at radius 1 is 1.05 bits per heavy atom. The van der Waals surface area contributed by atoms with Gasteiger partial charge in [-0.05, 0) is 69.2 Å². The normalized spacial score (nSPS) is 10.8. The van der Waals surface area contributed by atoms with Crippen molar-refractivity contribution in [1.82, 2.24) is 0 Å². The summed E-state index contributed by atoms with van der Waals surface area (Å²) in [5.74, 6) is 0.880. The van der Waals surface area contributed by atoms with Gasteiger partial charge in [-0.3, -0.25) is 0 Å². The lowest BCUT2D eigenvalue weighted by Gasteiger charge is -2.16. The summed E-state index contributed by atoms with van der Waals surface area (Å²) >= 11 is 6.10. The van der Waals surface area contributed by atoms with Crippen LogP contribution in [0.4, 0.5) is 5.69 Å². The molecule has 2 nitrogen and oxygen atoms in total. The van der Waals surface area contributed by atoms with Gasteiger partial charge in [0.15, 0.2) is 0 Å². The predicted octanol–water partition coefficient (Wildman–Crippen LogP) is 5.36. The Kier molecular flexibility index (Phi) is 5.13. The molecule has 0 radical (unpaired) electrons. The fourth-order valence-electron chi connectivity index (χ4n) is 2.10. The molecule has 21 heavy (non-hydrogen) atoms. The molecule has 0 aliphatic rings. The van der Waals surface area contributed by atoms with Crippen molar-refractivity contribution in [3.05, 3.63) is 58.1 Å². The number of aryl methyl sites for hydroxylation is 2. The predicted molar refractivity (Wildman–Crippen MR) is 90.5 cm³/mol. The molecule has 0 saturated heterocycles. The van der Waals surface area contributed by atoms with Crippen molar-refractivity contribution in [2.75, 3.05) is 5.32 Å². The van der Waals surface area contributed by atoms with E-state index in [0.717, 1.165) is 22.0 Å². The third kappa shape index (κ3) is 4.40. The average molecular weight is 304 g/mol. The maximum atomic E-state index is 6.10. The van der Waals surface area contributed by atoms with Gasteiger partial charge in [-0.15, -0.1) is 0 Å². The molecule has 0 fully saturated rings. The topological polar surface area (TPSA) is 21.3 Å². The Morgan fingerprint density at radius 2 is 1.81 bits per heavy atom. The van der Waals surface area contributed by atoms with E-state index in [1.54, 1.807) is 0 Å². The molecule has 2 rings (SSSR count). The first kappa shape index (κ1) is 15.7. The number of hydrogen-bond acceptors (Lipinski definition) is 2. The van der Waals surface area contributed by atoms with Crippen LogP contribution in [-0.2, 0) is 6.54 Å². The van der Waals surface area contributed by atoms with E-state index < -0.39 is 0 Å². The highest BCUT2D eigenvalue weighted by Crippen LogP contribution is 2.25. The molecule has 1 N–H and O–H groups in total. The van der Waals surface area contributed by atoms with Gasteiger partial charge in [-0.2, -0.15) is 0 Å². The van der Waals surface area contributed by atoms with E-state index in [0.29, 0.717) is 6.54 Å². The molecule has 0 spiro atoms. The molecule has 0 saturated carbocycles. The summed E-state index contributed by atoms with van der Waals surface area (Å²) in [5.41, 5.74) is 4.75. The third-order valence-corrected chi connectivity index (χ3v) is 3.61. The van der Waals surface area contributed by atoms with Crippen molar-refractivity contribution in [3.8, 4) is 5.75 Å². The van der Waals surface area contributed by atoms with E-state index in [1.807, 2.05) is 32.0 Å². The van der Waals surface area contributed by atoms with E-state index in [2.05, 4.69) is 37.4 Å². The Morgan fingerprint density at radius 3 is 2.48 bits per heavy atom. The smallest absolute Gasteiger partial charge is 0.124 e. The van der Waals surface area contributed by atoms with Gasteiger partial charge in [0.1, 0.15) is 5.75 Å². The van der Waals surface area contributed by atoms with Crippen LogP contribution in [0.15, 0.2) is 36.4 Å². The van der Waals surface area contributed by atoms with E-state index >= 15 is 0 Å². The zero-order valence-corrected chi connectivity index (χ0v) is 13.8. The third-order valence-electron chi connectivity index (χ3n) is 3.38. The fraction of sp³-hybridized carbons (Fsp3) is 0.333. The molecule has 0 aromatic heterocycles. The summed E-state index contributed by atoms with van der Waals surface area (Å²) in [4.78, 5) is 0.